The Balaban J connectivity index is 2.32. The molecule has 2 amide bonds. The maximum atomic E-state index is 13.2. The van der Waals surface area contributed by atoms with Crippen LogP contribution in [0.5, 0.6) is 0 Å². The van der Waals surface area contributed by atoms with Gasteiger partial charge in [0.2, 0.25) is 15.9 Å². The summed E-state index contributed by atoms with van der Waals surface area (Å²) in [6.07, 6.45) is -4.65. The molecule has 0 radical (unpaired) electrons. The molecule has 2 rings (SSSR count). The number of nitrogens with one attached hydrogen (secondary N) is 1. The van der Waals surface area contributed by atoms with Crippen LogP contribution in [0.4, 0.5) is 18.9 Å². The van der Waals surface area contributed by atoms with E-state index in [9.17, 15) is 31.2 Å². The minimum Gasteiger partial charge on any atom is -0.330 e. The Labute approximate surface area is 191 Å². The Morgan fingerprint density at radius 3 is 2.21 bits per heavy atom. The number of carbonyl (C=O) groups excluding carboxylic acids is 2. The van der Waals surface area contributed by atoms with Crippen molar-refractivity contribution >= 4 is 27.5 Å². The summed E-state index contributed by atoms with van der Waals surface area (Å²) in [6.45, 7) is 4.47. The summed E-state index contributed by atoms with van der Waals surface area (Å²) in [5, 5.41) is 2.20. The fourth-order valence-corrected chi connectivity index (χ4v) is 4.34. The van der Waals surface area contributed by atoms with E-state index in [1.807, 2.05) is 0 Å². The Morgan fingerprint density at radius 2 is 1.67 bits per heavy atom. The van der Waals surface area contributed by atoms with Gasteiger partial charge < -0.3 is 10.2 Å². The van der Waals surface area contributed by atoms with Crippen LogP contribution in [0.1, 0.15) is 34.0 Å². The molecule has 1 N–H and O–H groups in total. The summed E-state index contributed by atoms with van der Waals surface area (Å²) in [4.78, 5) is 26.6. The van der Waals surface area contributed by atoms with Crippen molar-refractivity contribution in [1.82, 2.24) is 9.21 Å². The number of carbonyl (C=O) groups is 2. The molecule has 0 heterocycles. The number of aryl methyl sites for hydroxylation is 1. The van der Waals surface area contributed by atoms with Crippen LogP contribution in [0.25, 0.3) is 0 Å². The predicted molar refractivity (Wildman–Crippen MR) is 118 cm³/mol. The molecule has 0 aromatic heterocycles. The summed E-state index contributed by atoms with van der Waals surface area (Å²) >= 11 is 0. The van der Waals surface area contributed by atoms with E-state index in [0.29, 0.717) is 11.1 Å². The summed E-state index contributed by atoms with van der Waals surface area (Å²) in [5.74, 6) is -1.43. The zero-order valence-electron chi connectivity index (χ0n) is 18.9. The van der Waals surface area contributed by atoms with E-state index in [0.717, 1.165) is 21.3 Å². The molecule has 0 unspecified atom stereocenters. The third-order valence-corrected chi connectivity index (χ3v) is 7.08. The first-order valence-electron chi connectivity index (χ1n) is 9.99. The molecule has 33 heavy (non-hydrogen) atoms. The number of sulfonamides is 1. The van der Waals surface area contributed by atoms with Gasteiger partial charge in [-0.3, -0.25) is 9.59 Å². The van der Waals surface area contributed by atoms with Crippen LogP contribution in [0.3, 0.4) is 0 Å². The number of amides is 2. The average molecular weight is 486 g/mol. The number of nitrogens with zero attached hydrogens (tertiary/aromatic N) is 2. The maximum Gasteiger partial charge on any atom is 0.418 e. The van der Waals surface area contributed by atoms with E-state index in [2.05, 4.69) is 5.32 Å². The number of hydrogen-bond donors (Lipinski definition) is 1. The molecule has 0 fully saturated rings. The van der Waals surface area contributed by atoms with Gasteiger partial charge in [0, 0.05) is 26.2 Å². The standard InChI is InChI=1S/C22H26F3N3O4S/c1-6-28(13-20(29)26-18-10-8-7-9-17(18)22(23,24)25)21(30)16-11-14(2)15(3)19(12-16)33(31,32)27(4)5/h7-12H,6,13H2,1-5H3,(H,26,29). The number of likely N-dealkylation sites (N-methyl/N-ethyl adjacent to an activating group) is 1. The SMILES string of the molecule is CCN(CC(=O)Nc1ccccc1C(F)(F)F)C(=O)c1cc(C)c(C)c(S(=O)(=O)N(C)C)c1. The molecule has 0 bridgehead atoms. The van der Waals surface area contributed by atoms with Crippen molar-refractivity contribution in [3.8, 4) is 0 Å². The zero-order valence-corrected chi connectivity index (χ0v) is 19.8. The van der Waals surface area contributed by atoms with Gasteiger partial charge in [0.25, 0.3) is 5.91 Å². The van der Waals surface area contributed by atoms with Gasteiger partial charge in [-0.05, 0) is 56.2 Å². The Bertz CT molecular complexity index is 1160. The summed E-state index contributed by atoms with van der Waals surface area (Å²) in [6, 6.07) is 7.31. The van der Waals surface area contributed by atoms with Gasteiger partial charge in [-0.1, -0.05) is 12.1 Å². The van der Waals surface area contributed by atoms with E-state index in [-0.39, 0.29) is 17.0 Å². The lowest BCUT2D eigenvalue weighted by Gasteiger charge is -2.23. The highest BCUT2D eigenvalue weighted by Crippen LogP contribution is 2.34. The lowest BCUT2D eigenvalue weighted by Crippen LogP contribution is -2.38. The third-order valence-electron chi connectivity index (χ3n) is 5.14. The molecule has 0 saturated carbocycles. The molecule has 180 valence electrons. The fourth-order valence-electron chi connectivity index (χ4n) is 3.13. The quantitative estimate of drug-likeness (QED) is 0.648. The van der Waals surface area contributed by atoms with Crippen LogP contribution < -0.4 is 5.32 Å². The van der Waals surface area contributed by atoms with Gasteiger partial charge in [-0.15, -0.1) is 0 Å². The lowest BCUT2D eigenvalue weighted by molar-refractivity contribution is -0.137. The van der Waals surface area contributed by atoms with Crippen LogP contribution in [-0.2, 0) is 21.0 Å². The van der Waals surface area contributed by atoms with Crippen molar-refractivity contribution < 1.29 is 31.2 Å². The molecular weight excluding hydrogens is 459 g/mol. The highest BCUT2D eigenvalue weighted by Gasteiger charge is 2.33. The molecule has 0 spiro atoms. The van der Waals surface area contributed by atoms with Crippen LogP contribution in [0.2, 0.25) is 0 Å². The van der Waals surface area contributed by atoms with Crippen molar-refractivity contribution in [2.75, 3.05) is 32.5 Å². The molecule has 0 aliphatic rings. The first kappa shape index (κ1) is 26.3. The number of benzene rings is 2. The smallest absolute Gasteiger partial charge is 0.330 e. The Kier molecular flexibility index (Phi) is 7.91. The Hall–Kier alpha value is -2.92. The maximum absolute atomic E-state index is 13.2. The van der Waals surface area contributed by atoms with Gasteiger partial charge in [0.05, 0.1) is 16.1 Å². The molecule has 0 saturated heterocycles. The molecule has 2 aromatic rings. The average Bonchev–Trinajstić information content (AvgIpc) is 2.72. The second kappa shape index (κ2) is 9.92. The van der Waals surface area contributed by atoms with Crippen LogP contribution in [0.15, 0.2) is 41.3 Å². The Morgan fingerprint density at radius 1 is 1.06 bits per heavy atom. The number of para-hydroxylation sites is 1. The second-order valence-corrected chi connectivity index (χ2v) is 9.73. The van der Waals surface area contributed by atoms with Gasteiger partial charge >= 0.3 is 6.18 Å². The topological polar surface area (TPSA) is 86.8 Å². The highest BCUT2D eigenvalue weighted by atomic mass is 32.2. The van der Waals surface area contributed by atoms with Crippen molar-refractivity contribution in [2.45, 2.75) is 31.8 Å². The largest absolute Gasteiger partial charge is 0.418 e. The molecular formula is C22H26F3N3O4S. The number of alkyl halides is 3. The number of hydrogen-bond acceptors (Lipinski definition) is 4. The number of anilines is 1. The van der Waals surface area contributed by atoms with E-state index in [1.54, 1.807) is 20.8 Å². The van der Waals surface area contributed by atoms with Crippen molar-refractivity contribution in [2.24, 2.45) is 0 Å². The van der Waals surface area contributed by atoms with E-state index < -0.39 is 45.8 Å². The van der Waals surface area contributed by atoms with Crippen LogP contribution in [0, 0.1) is 13.8 Å². The van der Waals surface area contributed by atoms with Gasteiger partial charge in [0.1, 0.15) is 6.54 Å². The van der Waals surface area contributed by atoms with Crippen molar-refractivity contribution in [1.29, 1.82) is 0 Å². The van der Waals surface area contributed by atoms with Gasteiger partial charge in [-0.25, -0.2) is 12.7 Å². The van der Waals surface area contributed by atoms with E-state index in [1.165, 1.54) is 38.4 Å². The first-order chi connectivity index (χ1) is 15.2. The highest BCUT2D eigenvalue weighted by molar-refractivity contribution is 7.89. The van der Waals surface area contributed by atoms with E-state index in [4.69, 9.17) is 0 Å². The number of rotatable bonds is 7. The molecule has 0 aliphatic carbocycles. The molecule has 0 aliphatic heterocycles. The van der Waals surface area contributed by atoms with E-state index >= 15 is 0 Å². The number of halogens is 3. The summed E-state index contributed by atoms with van der Waals surface area (Å²) in [5.41, 5.74) is -0.293. The molecule has 2 aromatic carbocycles. The van der Waals surface area contributed by atoms with Crippen LogP contribution >= 0.6 is 0 Å². The van der Waals surface area contributed by atoms with Gasteiger partial charge in [-0.2, -0.15) is 13.2 Å². The predicted octanol–water partition coefficient (Wildman–Crippen LogP) is 3.67. The zero-order chi connectivity index (χ0) is 25.1. The van der Waals surface area contributed by atoms with Crippen LogP contribution in [-0.4, -0.2) is 56.6 Å². The molecule has 7 nitrogen and oxygen atoms in total. The normalized spacial score (nSPS) is 12.0. The summed E-state index contributed by atoms with van der Waals surface area (Å²) in [7, 11) is -1.07. The van der Waals surface area contributed by atoms with Gasteiger partial charge in [0.15, 0.2) is 0 Å². The van der Waals surface area contributed by atoms with Crippen molar-refractivity contribution in [3.63, 3.8) is 0 Å². The lowest BCUT2D eigenvalue weighted by atomic mass is 10.1. The minimum absolute atomic E-state index is 0.0320. The molecule has 11 heteroatoms. The monoisotopic (exact) mass is 485 g/mol. The third kappa shape index (κ3) is 5.91. The fraction of sp³-hybridized carbons (Fsp3) is 0.364. The summed E-state index contributed by atoms with van der Waals surface area (Å²) < 4.78 is 65.9. The first-order valence-corrected chi connectivity index (χ1v) is 11.4. The van der Waals surface area contributed by atoms with Crippen molar-refractivity contribution in [3.05, 3.63) is 58.7 Å². The second-order valence-electron chi connectivity index (χ2n) is 7.61. The minimum atomic E-state index is -4.65. The molecule has 0 atom stereocenters.